The zero-order chi connectivity index (χ0) is 13.0. The minimum atomic E-state index is -0.268. The second-order valence-corrected chi connectivity index (χ2v) is 5.60. The first-order valence-corrected chi connectivity index (χ1v) is 6.55. The quantitative estimate of drug-likeness (QED) is 0.898. The van der Waals surface area contributed by atoms with Gasteiger partial charge in [0.1, 0.15) is 5.82 Å². The first kappa shape index (κ1) is 11.1. The van der Waals surface area contributed by atoms with Crippen molar-refractivity contribution in [3.8, 4) is 11.4 Å². The van der Waals surface area contributed by atoms with Crippen LogP contribution >= 0.6 is 0 Å². The Labute approximate surface area is 109 Å². The first-order valence-electron chi connectivity index (χ1n) is 6.55. The molecule has 4 nitrogen and oxygen atoms in total. The SMILES string of the molecule is NC1CC2(c3nc(-c4ccc(F)cc4)no3)CCC12. The van der Waals surface area contributed by atoms with Crippen molar-refractivity contribution in [3.05, 3.63) is 36.0 Å². The number of nitrogens with two attached hydrogens (primary N) is 1. The van der Waals surface area contributed by atoms with E-state index in [-0.39, 0.29) is 17.3 Å². The van der Waals surface area contributed by atoms with Crippen molar-refractivity contribution >= 4 is 0 Å². The van der Waals surface area contributed by atoms with Crippen LogP contribution in [0.25, 0.3) is 11.4 Å². The minimum absolute atomic E-state index is 0.0324. The Hall–Kier alpha value is -1.75. The van der Waals surface area contributed by atoms with Gasteiger partial charge >= 0.3 is 0 Å². The number of hydrogen-bond acceptors (Lipinski definition) is 4. The normalized spacial score (nSPS) is 32.3. The summed E-state index contributed by atoms with van der Waals surface area (Å²) in [6.07, 6.45) is 3.16. The fourth-order valence-corrected chi connectivity index (χ4v) is 3.43. The van der Waals surface area contributed by atoms with Gasteiger partial charge in [0.05, 0.1) is 5.41 Å². The molecule has 2 fully saturated rings. The minimum Gasteiger partial charge on any atom is -0.338 e. The highest BCUT2D eigenvalue weighted by Crippen LogP contribution is 2.60. The van der Waals surface area contributed by atoms with Crippen molar-refractivity contribution in [1.82, 2.24) is 10.1 Å². The van der Waals surface area contributed by atoms with Crippen molar-refractivity contribution in [1.29, 1.82) is 0 Å². The average Bonchev–Trinajstić information content (AvgIpc) is 2.85. The van der Waals surface area contributed by atoms with Gasteiger partial charge in [-0.15, -0.1) is 0 Å². The van der Waals surface area contributed by atoms with Gasteiger partial charge in [0.15, 0.2) is 0 Å². The molecule has 0 aliphatic heterocycles. The number of nitrogens with zero attached hydrogens (tertiary/aromatic N) is 2. The third-order valence-electron chi connectivity index (χ3n) is 4.68. The molecule has 3 atom stereocenters. The summed E-state index contributed by atoms with van der Waals surface area (Å²) in [5.74, 6) is 1.45. The molecule has 1 aromatic carbocycles. The number of fused-ring (bicyclic) bond motifs is 1. The van der Waals surface area contributed by atoms with Crippen LogP contribution in [0.1, 0.15) is 25.2 Å². The molecule has 2 aromatic rings. The smallest absolute Gasteiger partial charge is 0.233 e. The molecule has 2 saturated carbocycles. The maximum Gasteiger partial charge on any atom is 0.233 e. The van der Waals surface area contributed by atoms with Gasteiger partial charge < -0.3 is 10.3 Å². The van der Waals surface area contributed by atoms with Gasteiger partial charge in [-0.05, 0) is 49.4 Å². The molecule has 0 bridgehead atoms. The summed E-state index contributed by atoms with van der Waals surface area (Å²) in [5, 5.41) is 4.01. The van der Waals surface area contributed by atoms with Gasteiger partial charge in [-0.3, -0.25) is 0 Å². The molecule has 2 N–H and O–H groups in total. The predicted molar refractivity (Wildman–Crippen MR) is 66.7 cm³/mol. The molecule has 0 amide bonds. The maximum absolute atomic E-state index is 12.9. The van der Waals surface area contributed by atoms with Crippen molar-refractivity contribution < 1.29 is 8.91 Å². The summed E-state index contributed by atoms with van der Waals surface area (Å²) in [6, 6.07) is 6.39. The Kier molecular flexibility index (Phi) is 2.12. The molecule has 3 unspecified atom stereocenters. The van der Waals surface area contributed by atoms with Gasteiger partial charge in [0, 0.05) is 11.6 Å². The number of hydrogen-bond donors (Lipinski definition) is 1. The van der Waals surface area contributed by atoms with Crippen LogP contribution < -0.4 is 5.73 Å². The van der Waals surface area contributed by atoms with E-state index >= 15 is 0 Å². The highest BCUT2D eigenvalue weighted by atomic mass is 19.1. The monoisotopic (exact) mass is 259 g/mol. The molecular weight excluding hydrogens is 245 g/mol. The van der Waals surface area contributed by atoms with E-state index in [1.807, 2.05) is 0 Å². The van der Waals surface area contributed by atoms with E-state index < -0.39 is 0 Å². The molecule has 1 heterocycles. The highest BCUT2D eigenvalue weighted by molar-refractivity contribution is 5.54. The Morgan fingerprint density at radius 2 is 2.11 bits per heavy atom. The van der Waals surface area contributed by atoms with Crippen molar-refractivity contribution in [2.45, 2.75) is 30.7 Å². The van der Waals surface area contributed by atoms with Gasteiger partial charge in [-0.2, -0.15) is 4.98 Å². The zero-order valence-electron chi connectivity index (χ0n) is 10.3. The van der Waals surface area contributed by atoms with Crippen LogP contribution in [0.5, 0.6) is 0 Å². The molecule has 0 saturated heterocycles. The highest BCUT2D eigenvalue weighted by Gasteiger charge is 2.62. The molecule has 2 aliphatic carbocycles. The second kappa shape index (κ2) is 3.63. The fraction of sp³-hybridized carbons (Fsp3) is 0.429. The summed E-state index contributed by atoms with van der Waals surface area (Å²) >= 11 is 0. The molecule has 1 aromatic heterocycles. The molecule has 4 rings (SSSR count). The van der Waals surface area contributed by atoms with Crippen molar-refractivity contribution in [3.63, 3.8) is 0 Å². The zero-order valence-corrected chi connectivity index (χ0v) is 10.3. The van der Waals surface area contributed by atoms with Crippen LogP contribution in [-0.4, -0.2) is 16.2 Å². The average molecular weight is 259 g/mol. The Morgan fingerprint density at radius 3 is 2.68 bits per heavy atom. The fourth-order valence-electron chi connectivity index (χ4n) is 3.43. The van der Waals surface area contributed by atoms with E-state index in [2.05, 4.69) is 10.1 Å². The summed E-state index contributed by atoms with van der Waals surface area (Å²) < 4.78 is 18.3. The van der Waals surface area contributed by atoms with Crippen molar-refractivity contribution in [2.24, 2.45) is 11.7 Å². The predicted octanol–water partition coefficient (Wildman–Crippen LogP) is 2.25. The number of halogens is 1. The lowest BCUT2D eigenvalue weighted by molar-refractivity contribution is -0.0426. The lowest BCUT2D eigenvalue weighted by Gasteiger charge is -2.59. The maximum atomic E-state index is 12.9. The van der Waals surface area contributed by atoms with Crippen LogP contribution in [0.15, 0.2) is 28.8 Å². The van der Waals surface area contributed by atoms with Crippen LogP contribution in [0, 0.1) is 11.7 Å². The Balaban J connectivity index is 1.65. The van der Waals surface area contributed by atoms with Crippen molar-refractivity contribution in [2.75, 3.05) is 0 Å². The van der Waals surface area contributed by atoms with E-state index in [9.17, 15) is 4.39 Å². The second-order valence-electron chi connectivity index (χ2n) is 5.60. The van der Waals surface area contributed by atoms with E-state index in [0.717, 1.165) is 24.8 Å². The van der Waals surface area contributed by atoms with Gasteiger partial charge in [-0.25, -0.2) is 4.39 Å². The molecule has 2 aliphatic rings. The third kappa shape index (κ3) is 1.42. The lowest BCUT2D eigenvalue weighted by Crippen LogP contribution is -2.65. The summed E-state index contributed by atoms with van der Waals surface area (Å²) in [6.45, 7) is 0. The largest absolute Gasteiger partial charge is 0.338 e. The van der Waals surface area contributed by atoms with Gasteiger partial charge in [-0.1, -0.05) is 5.16 Å². The van der Waals surface area contributed by atoms with E-state index in [4.69, 9.17) is 10.3 Å². The number of aromatic nitrogens is 2. The van der Waals surface area contributed by atoms with E-state index in [0.29, 0.717) is 17.6 Å². The standard InChI is InChI=1S/C14H14FN3O/c15-9-3-1-8(2-4-9)12-17-13(19-18-12)14-6-5-10(14)11(16)7-14/h1-4,10-11H,5-7,16H2. The van der Waals surface area contributed by atoms with Gasteiger partial charge in [0.2, 0.25) is 11.7 Å². The summed E-state index contributed by atoms with van der Waals surface area (Å²) in [7, 11) is 0. The third-order valence-corrected chi connectivity index (χ3v) is 4.68. The molecular formula is C14H14FN3O. The molecule has 98 valence electrons. The molecule has 0 radical (unpaired) electrons. The van der Waals surface area contributed by atoms with Crippen LogP contribution in [0.3, 0.4) is 0 Å². The molecule has 0 spiro atoms. The lowest BCUT2D eigenvalue weighted by atomic mass is 9.45. The Bertz CT molecular complexity index is 624. The van der Waals surface area contributed by atoms with E-state index in [1.54, 1.807) is 12.1 Å². The summed E-state index contributed by atoms with van der Waals surface area (Å²) in [5.41, 5.74) is 6.79. The molecule has 19 heavy (non-hydrogen) atoms. The van der Waals surface area contributed by atoms with Crippen LogP contribution in [0.4, 0.5) is 4.39 Å². The topological polar surface area (TPSA) is 64.9 Å². The van der Waals surface area contributed by atoms with E-state index in [1.165, 1.54) is 12.1 Å². The summed E-state index contributed by atoms with van der Waals surface area (Å²) in [4.78, 5) is 4.48. The van der Waals surface area contributed by atoms with Gasteiger partial charge in [0.25, 0.3) is 0 Å². The Morgan fingerprint density at radius 1 is 1.32 bits per heavy atom. The van der Waals surface area contributed by atoms with Crippen LogP contribution in [-0.2, 0) is 5.41 Å². The number of benzene rings is 1. The number of rotatable bonds is 2. The first-order chi connectivity index (χ1) is 9.19. The van der Waals surface area contributed by atoms with Crippen LogP contribution in [0.2, 0.25) is 0 Å². The molecule has 5 heteroatoms.